The Morgan fingerprint density at radius 2 is 2.20 bits per heavy atom. The predicted octanol–water partition coefficient (Wildman–Crippen LogP) is 1.97. The number of likely N-dealkylation sites (tertiary alicyclic amines) is 1. The van der Waals surface area contributed by atoms with Crippen molar-refractivity contribution in [2.24, 2.45) is 0 Å². The zero-order valence-corrected chi connectivity index (χ0v) is 13.8. The highest BCUT2D eigenvalue weighted by Gasteiger charge is 2.27. The molecule has 2 heterocycles. The van der Waals surface area contributed by atoms with Gasteiger partial charge in [0, 0.05) is 25.1 Å². The first-order chi connectivity index (χ1) is 12.2. The first-order valence-electron chi connectivity index (χ1n) is 8.41. The number of nitrogens with zero attached hydrogens (tertiary/aromatic N) is 3. The minimum absolute atomic E-state index is 0.00155. The number of hydrogen-bond acceptors (Lipinski definition) is 5. The molecule has 0 saturated carbocycles. The van der Waals surface area contributed by atoms with E-state index in [0.29, 0.717) is 43.2 Å². The van der Waals surface area contributed by atoms with Crippen LogP contribution in [0.4, 0.5) is 9.18 Å². The molecule has 7 nitrogen and oxygen atoms in total. The van der Waals surface area contributed by atoms with Gasteiger partial charge in [-0.25, -0.2) is 9.18 Å². The topological polar surface area (TPSA) is 91.5 Å². The summed E-state index contributed by atoms with van der Waals surface area (Å²) in [6.07, 6.45) is 2.97. The van der Waals surface area contributed by atoms with Crippen molar-refractivity contribution in [3.05, 3.63) is 36.0 Å². The van der Waals surface area contributed by atoms with Crippen molar-refractivity contribution in [1.82, 2.24) is 20.4 Å². The van der Waals surface area contributed by atoms with Crippen LogP contribution in [-0.4, -0.2) is 51.9 Å². The van der Waals surface area contributed by atoms with Crippen LogP contribution >= 0.6 is 0 Å². The van der Waals surface area contributed by atoms with Gasteiger partial charge in [0.15, 0.2) is 0 Å². The van der Waals surface area contributed by atoms with Crippen LogP contribution in [0.25, 0.3) is 11.4 Å². The maximum Gasteiger partial charge on any atom is 0.317 e. The number of aromatic nitrogens is 2. The highest BCUT2D eigenvalue weighted by atomic mass is 19.1. The van der Waals surface area contributed by atoms with Gasteiger partial charge in [-0.15, -0.1) is 0 Å². The molecule has 3 rings (SSSR count). The summed E-state index contributed by atoms with van der Waals surface area (Å²) in [4.78, 5) is 18.0. The lowest BCUT2D eigenvalue weighted by Gasteiger charge is -2.23. The van der Waals surface area contributed by atoms with E-state index in [-0.39, 0.29) is 24.5 Å². The lowest BCUT2D eigenvalue weighted by molar-refractivity contribution is 0.157. The van der Waals surface area contributed by atoms with Crippen LogP contribution in [0.15, 0.2) is 28.8 Å². The molecule has 134 valence electrons. The monoisotopic (exact) mass is 348 g/mol. The Morgan fingerprint density at radius 1 is 1.40 bits per heavy atom. The summed E-state index contributed by atoms with van der Waals surface area (Å²) in [7, 11) is 0. The molecule has 0 spiro atoms. The van der Waals surface area contributed by atoms with Crippen LogP contribution in [0.3, 0.4) is 0 Å². The molecule has 8 heteroatoms. The maximum atomic E-state index is 12.9. The van der Waals surface area contributed by atoms with Crippen LogP contribution in [0.5, 0.6) is 0 Å². The number of nitrogens with one attached hydrogen (secondary N) is 1. The fraction of sp³-hybridized carbons (Fsp3) is 0.471. The second kappa shape index (κ2) is 8.06. The first kappa shape index (κ1) is 17.3. The van der Waals surface area contributed by atoms with Gasteiger partial charge in [0.25, 0.3) is 0 Å². The van der Waals surface area contributed by atoms with E-state index in [1.54, 1.807) is 17.0 Å². The molecule has 1 aromatic heterocycles. The average Bonchev–Trinajstić information content (AvgIpc) is 3.28. The number of carbonyl (C=O) groups is 1. The summed E-state index contributed by atoms with van der Waals surface area (Å²) in [5.74, 6) is 0.578. The molecule has 2 N–H and O–H groups in total. The molecule has 25 heavy (non-hydrogen) atoms. The van der Waals surface area contributed by atoms with Crippen LogP contribution in [0.2, 0.25) is 0 Å². The molecular weight excluding hydrogens is 327 g/mol. The summed E-state index contributed by atoms with van der Waals surface area (Å²) in [6, 6.07) is 5.66. The lowest BCUT2D eigenvalue weighted by Crippen LogP contribution is -2.44. The van der Waals surface area contributed by atoms with E-state index in [2.05, 4.69) is 15.5 Å². The van der Waals surface area contributed by atoms with Crippen molar-refractivity contribution < 1.29 is 18.8 Å². The third kappa shape index (κ3) is 4.33. The third-order valence-corrected chi connectivity index (χ3v) is 4.26. The second-order valence-corrected chi connectivity index (χ2v) is 6.03. The molecule has 2 amide bonds. The van der Waals surface area contributed by atoms with E-state index < -0.39 is 0 Å². The summed E-state index contributed by atoms with van der Waals surface area (Å²) < 4.78 is 18.1. The Labute approximate surface area is 144 Å². The number of hydrogen-bond donors (Lipinski definition) is 2. The molecule has 0 radical (unpaired) electrons. The molecule has 1 fully saturated rings. The number of aliphatic hydroxyl groups excluding tert-OH is 1. The Balaban J connectivity index is 1.43. The van der Waals surface area contributed by atoms with Gasteiger partial charge in [0.1, 0.15) is 5.82 Å². The summed E-state index contributed by atoms with van der Waals surface area (Å²) in [5.41, 5.74) is 0.689. The van der Waals surface area contributed by atoms with Crippen molar-refractivity contribution in [2.75, 3.05) is 19.7 Å². The fourth-order valence-electron chi connectivity index (χ4n) is 2.90. The Hall–Kier alpha value is -2.48. The normalized spacial score (nSPS) is 17.0. The number of urea groups is 1. The number of aliphatic hydroxyl groups is 1. The average molecular weight is 348 g/mol. The minimum atomic E-state index is -0.315. The zero-order chi connectivity index (χ0) is 17.6. The van der Waals surface area contributed by atoms with E-state index in [1.807, 2.05) is 0 Å². The van der Waals surface area contributed by atoms with Crippen LogP contribution in [0, 0.1) is 5.82 Å². The molecule has 1 atom stereocenters. The van der Waals surface area contributed by atoms with Crippen LogP contribution in [-0.2, 0) is 6.42 Å². The van der Waals surface area contributed by atoms with E-state index in [0.717, 1.165) is 12.8 Å². The SMILES string of the molecule is O=C(NCCCc1nc(-c2ccc(F)cc2)no1)N1CCC[C@@H]1CO. The molecular formula is C17H21FN4O3. The standard InChI is InChI=1S/C17H21FN4O3/c18-13-7-5-12(6-8-13)16-20-15(25-21-16)4-1-9-19-17(24)22-10-2-3-14(22)11-23/h5-8,14,23H,1-4,9-11H2,(H,19,24)/t14-/m1/s1. The fourth-order valence-corrected chi connectivity index (χ4v) is 2.90. The van der Waals surface area contributed by atoms with E-state index in [4.69, 9.17) is 4.52 Å². The van der Waals surface area contributed by atoms with Gasteiger partial charge in [0.2, 0.25) is 11.7 Å². The van der Waals surface area contributed by atoms with Crippen molar-refractivity contribution >= 4 is 6.03 Å². The number of amides is 2. The van der Waals surface area contributed by atoms with Crippen molar-refractivity contribution in [3.8, 4) is 11.4 Å². The van der Waals surface area contributed by atoms with Gasteiger partial charge in [-0.2, -0.15) is 4.98 Å². The quantitative estimate of drug-likeness (QED) is 0.779. The van der Waals surface area contributed by atoms with Gasteiger partial charge < -0.3 is 19.8 Å². The Morgan fingerprint density at radius 3 is 2.96 bits per heavy atom. The molecule has 0 bridgehead atoms. The second-order valence-electron chi connectivity index (χ2n) is 6.03. The molecule has 1 saturated heterocycles. The smallest absolute Gasteiger partial charge is 0.317 e. The molecule has 2 aromatic rings. The number of rotatable bonds is 6. The van der Waals surface area contributed by atoms with Crippen LogP contribution < -0.4 is 5.32 Å². The van der Waals surface area contributed by atoms with Gasteiger partial charge in [-0.3, -0.25) is 0 Å². The number of aryl methyl sites for hydroxylation is 1. The van der Waals surface area contributed by atoms with E-state index in [9.17, 15) is 14.3 Å². The first-order valence-corrected chi connectivity index (χ1v) is 8.41. The Bertz CT molecular complexity index is 704. The Kier molecular flexibility index (Phi) is 5.60. The number of carbonyl (C=O) groups excluding carboxylic acids is 1. The van der Waals surface area contributed by atoms with Gasteiger partial charge in [0.05, 0.1) is 12.6 Å². The van der Waals surface area contributed by atoms with Crippen molar-refractivity contribution in [2.45, 2.75) is 31.7 Å². The summed E-state index contributed by atoms with van der Waals surface area (Å²) in [5, 5.41) is 16.0. The zero-order valence-electron chi connectivity index (χ0n) is 13.8. The van der Waals surface area contributed by atoms with Crippen LogP contribution in [0.1, 0.15) is 25.2 Å². The van der Waals surface area contributed by atoms with Gasteiger partial charge in [-0.1, -0.05) is 5.16 Å². The third-order valence-electron chi connectivity index (χ3n) is 4.26. The molecule has 0 aliphatic carbocycles. The number of benzene rings is 1. The van der Waals surface area contributed by atoms with Crippen molar-refractivity contribution in [3.63, 3.8) is 0 Å². The maximum absolute atomic E-state index is 12.9. The molecule has 0 unspecified atom stereocenters. The summed E-state index contributed by atoms with van der Waals surface area (Å²) >= 11 is 0. The largest absolute Gasteiger partial charge is 0.394 e. The highest BCUT2D eigenvalue weighted by Crippen LogP contribution is 2.17. The molecule has 1 aliphatic rings. The molecule has 1 aliphatic heterocycles. The summed E-state index contributed by atoms with van der Waals surface area (Å²) in [6.45, 7) is 1.17. The van der Waals surface area contributed by atoms with Gasteiger partial charge >= 0.3 is 6.03 Å². The minimum Gasteiger partial charge on any atom is -0.394 e. The van der Waals surface area contributed by atoms with Crippen molar-refractivity contribution in [1.29, 1.82) is 0 Å². The molecule has 1 aromatic carbocycles. The lowest BCUT2D eigenvalue weighted by atomic mass is 10.2. The number of halogens is 1. The van der Waals surface area contributed by atoms with E-state index in [1.165, 1.54) is 12.1 Å². The predicted molar refractivity (Wildman–Crippen MR) is 88.2 cm³/mol. The van der Waals surface area contributed by atoms with Gasteiger partial charge in [-0.05, 0) is 43.5 Å². The highest BCUT2D eigenvalue weighted by molar-refractivity contribution is 5.74. The van der Waals surface area contributed by atoms with E-state index >= 15 is 0 Å².